The first-order valence-electron chi connectivity index (χ1n) is 6.81. The van der Waals surface area contributed by atoms with Crippen LogP contribution in [0.1, 0.15) is 51.6 Å². The lowest BCUT2D eigenvalue weighted by atomic mass is 10.0. The van der Waals surface area contributed by atoms with Gasteiger partial charge in [0.1, 0.15) is 17.1 Å². The minimum atomic E-state index is -0.266. The second kappa shape index (κ2) is 6.78. The van der Waals surface area contributed by atoms with Gasteiger partial charge in [-0.3, -0.25) is 0 Å². The molecule has 0 heterocycles. The van der Waals surface area contributed by atoms with Gasteiger partial charge in [-0.2, -0.15) is 0 Å². The molecule has 0 aliphatic carbocycles. The predicted molar refractivity (Wildman–Crippen MR) is 78.3 cm³/mol. The molecule has 4 heteroatoms. The van der Waals surface area contributed by atoms with Crippen molar-refractivity contribution in [1.82, 2.24) is 0 Å². The summed E-state index contributed by atoms with van der Waals surface area (Å²) >= 11 is 0. The number of unbranched alkanes of at least 4 members (excludes halogenated alkanes) is 1. The molecule has 0 saturated carbocycles. The van der Waals surface area contributed by atoms with Crippen molar-refractivity contribution in [3.05, 3.63) is 23.8 Å². The van der Waals surface area contributed by atoms with Crippen molar-refractivity contribution in [2.24, 2.45) is 11.5 Å². The van der Waals surface area contributed by atoms with Crippen molar-refractivity contribution in [2.45, 2.75) is 51.7 Å². The molecule has 0 amide bonds. The monoisotopic (exact) mass is 266 g/mol. The summed E-state index contributed by atoms with van der Waals surface area (Å²) in [5, 5.41) is 9.90. The SMILES string of the molecule is CC(C)(C)Oc1ccc(O)c([C@H](N)CCCCN)c1. The number of hydrogen-bond acceptors (Lipinski definition) is 4. The Bertz CT molecular complexity index is 400. The summed E-state index contributed by atoms with van der Waals surface area (Å²) in [6.07, 6.45) is 2.72. The third kappa shape index (κ3) is 5.49. The molecule has 0 radical (unpaired) electrons. The lowest BCUT2D eigenvalue weighted by Gasteiger charge is -2.22. The van der Waals surface area contributed by atoms with Gasteiger partial charge in [-0.25, -0.2) is 0 Å². The maximum Gasteiger partial charge on any atom is 0.120 e. The number of aromatic hydroxyl groups is 1. The van der Waals surface area contributed by atoms with E-state index in [0.717, 1.165) is 30.6 Å². The van der Waals surface area contributed by atoms with E-state index in [2.05, 4.69) is 0 Å². The largest absolute Gasteiger partial charge is 0.508 e. The Morgan fingerprint density at radius 2 is 1.95 bits per heavy atom. The van der Waals surface area contributed by atoms with Crippen molar-refractivity contribution in [1.29, 1.82) is 0 Å². The molecule has 0 fully saturated rings. The van der Waals surface area contributed by atoms with Crippen LogP contribution in [0.15, 0.2) is 18.2 Å². The number of phenolic OH excluding ortho intramolecular Hbond substituents is 1. The maximum absolute atomic E-state index is 9.90. The van der Waals surface area contributed by atoms with Gasteiger partial charge >= 0.3 is 0 Å². The molecule has 0 aliphatic rings. The first-order chi connectivity index (χ1) is 8.83. The van der Waals surface area contributed by atoms with Crippen LogP contribution in [0.4, 0.5) is 0 Å². The van der Waals surface area contributed by atoms with Gasteiger partial charge in [-0.15, -0.1) is 0 Å². The topological polar surface area (TPSA) is 81.5 Å². The first kappa shape index (κ1) is 15.8. The Morgan fingerprint density at radius 3 is 2.53 bits per heavy atom. The van der Waals surface area contributed by atoms with E-state index in [1.807, 2.05) is 26.8 Å². The Labute approximate surface area is 115 Å². The highest BCUT2D eigenvalue weighted by atomic mass is 16.5. The van der Waals surface area contributed by atoms with Crippen LogP contribution in [0, 0.1) is 0 Å². The number of benzene rings is 1. The molecule has 1 rings (SSSR count). The molecule has 0 unspecified atom stereocenters. The van der Waals surface area contributed by atoms with E-state index in [1.54, 1.807) is 12.1 Å². The molecule has 4 nitrogen and oxygen atoms in total. The Morgan fingerprint density at radius 1 is 1.26 bits per heavy atom. The standard InChI is InChI=1S/C15H26N2O2/c1-15(2,3)19-11-7-8-14(18)12(10-11)13(17)6-4-5-9-16/h7-8,10,13,18H,4-6,9,16-17H2,1-3H3/t13-/m1/s1. The summed E-state index contributed by atoms with van der Waals surface area (Å²) in [7, 11) is 0. The van der Waals surface area contributed by atoms with Crippen LogP contribution in [-0.2, 0) is 0 Å². The summed E-state index contributed by atoms with van der Waals surface area (Å²) in [6.45, 7) is 6.63. The lowest BCUT2D eigenvalue weighted by Crippen LogP contribution is -2.23. The third-order valence-corrected chi connectivity index (χ3v) is 2.79. The van der Waals surface area contributed by atoms with E-state index >= 15 is 0 Å². The van der Waals surface area contributed by atoms with E-state index in [9.17, 15) is 5.11 Å². The maximum atomic E-state index is 9.90. The fourth-order valence-corrected chi connectivity index (χ4v) is 1.91. The van der Waals surface area contributed by atoms with Crippen molar-refractivity contribution in [3.8, 4) is 11.5 Å². The summed E-state index contributed by atoms with van der Waals surface area (Å²) < 4.78 is 5.79. The molecule has 0 aliphatic heterocycles. The number of nitrogens with two attached hydrogens (primary N) is 2. The zero-order valence-electron chi connectivity index (χ0n) is 12.1. The molecule has 0 spiro atoms. The van der Waals surface area contributed by atoms with E-state index in [-0.39, 0.29) is 17.4 Å². The highest BCUT2D eigenvalue weighted by Gasteiger charge is 2.16. The number of hydrogen-bond donors (Lipinski definition) is 3. The summed E-state index contributed by atoms with van der Waals surface area (Å²) in [5.41, 5.74) is 12.0. The van der Waals surface area contributed by atoms with E-state index < -0.39 is 0 Å². The summed E-state index contributed by atoms with van der Waals surface area (Å²) in [6, 6.07) is 5.04. The molecule has 1 aromatic rings. The van der Waals surface area contributed by atoms with Crippen LogP contribution in [0.3, 0.4) is 0 Å². The number of phenols is 1. The molecule has 0 aromatic heterocycles. The summed E-state index contributed by atoms with van der Waals surface area (Å²) in [4.78, 5) is 0. The second-order valence-corrected chi connectivity index (χ2v) is 5.83. The lowest BCUT2D eigenvalue weighted by molar-refractivity contribution is 0.130. The molecular weight excluding hydrogens is 240 g/mol. The highest BCUT2D eigenvalue weighted by Crippen LogP contribution is 2.31. The predicted octanol–water partition coefficient (Wildman–Crippen LogP) is 2.70. The van der Waals surface area contributed by atoms with E-state index in [1.165, 1.54) is 0 Å². The minimum Gasteiger partial charge on any atom is -0.508 e. The van der Waals surface area contributed by atoms with Crippen LogP contribution < -0.4 is 16.2 Å². The first-order valence-corrected chi connectivity index (χ1v) is 6.81. The zero-order chi connectivity index (χ0) is 14.5. The highest BCUT2D eigenvalue weighted by molar-refractivity contribution is 5.41. The quantitative estimate of drug-likeness (QED) is 0.691. The van der Waals surface area contributed by atoms with Gasteiger partial charge in [0.05, 0.1) is 0 Å². The van der Waals surface area contributed by atoms with E-state index in [0.29, 0.717) is 6.54 Å². The van der Waals surface area contributed by atoms with Gasteiger partial charge in [0, 0.05) is 11.6 Å². The average Bonchev–Trinajstić information content (AvgIpc) is 2.30. The Kier molecular flexibility index (Phi) is 5.63. The van der Waals surface area contributed by atoms with Crippen LogP contribution in [0.25, 0.3) is 0 Å². The van der Waals surface area contributed by atoms with Gasteiger partial charge < -0.3 is 21.3 Å². The fraction of sp³-hybridized carbons (Fsp3) is 0.600. The van der Waals surface area contributed by atoms with Gasteiger partial charge in [0.15, 0.2) is 0 Å². The van der Waals surface area contributed by atoms with Crippen molar-refractivity contribution in [3.63, 3.8) is 0 Å². The van der Waals surface area contributed by atoms with Crippen LogP contribution in [0.2, 0.25) is 0 Å². The summed E-state index contributed by atoms with van der Waals surface area (Å²) in [5.74, 6) is 0.955. The Hall–Kier alpha value is -1.26. The molecule has 108 valence electrons. The second-order valence-electron chi connectivity index (χ2n) is 5.83. The molecule has 19 heavy (non-hydrogen) atoms. The van der Waals surface area contributed by atoms with Crippen molar-refractivity contribution < 1.29 is 9.84 Å². The molecular formula is C15H26N2O2. The van der Waals surface area contributed by atoms with Crippen LogP contribution >= 0.6 is 0 Å². The smallest absolute Gasteiger partial charge is 0.120 e. The number of ether oxygens (including phenoxy) is 1. The van der Waals surface area contributed by atoms with E-state index in [4.69, 9.17) is 16.2 Å². The van der Waals surface area contributed by atoms with Gasteiger partial charge in [0.2, 0.25) is 0 Å². The van der Waals surface area contributed by atoms with Gasteiger partial charge in [-0.1, -0.05) is 6.42 Å². The zero-order valence-corrected chi connectivity index (χ0v) is 12.1. The average molecular weight is 266 g/mol. The Balaban J connectivity index is 2.78. The molecule has 5 N–H and O–H groups in total. The fourth-order valence-electron chi connectivity index (χ4n) is 1.91. The van der Waals surface area contributed by atoms with Crippen molar-refractivity contribution in [2.75, 3.05) is 6.54 Å². The third-order valence-electron chi connectivity index (χ3n) is 2.79. The number of rotatable bonds is 6. The van der Waals surface area contributed by atoms with Crippen LogP contribution in [0.5, 0.6) is 11.5 Å². The van der Waals surface area contributed by atoms with Gasteiger partial charge in [0.25, 0.3) is 0 Å². The molecule has 1 aromatic carbocycles. The normalized spacial score (nSPS) is 13.3. The van der Waals surface area contributed by atoms with Crippen molar-refractivity contribution >= 4 is 0 Å². The molecule has 1 atom stereocenters. The molecule has 0 saturated heterocycles. The van der Waals surface area contributed by atoms with Gasteiger partial charge in [-0.05, 0) is 58.4 Å². The minimum absolute atomic E-state index is 0.185. The molecule has 0 bridgehead atoms. The van der Waals surface area contributed by atoms with Crippen LogP contribution in [-0.4, -0.2) is 17.3 Å².